The van der Waals surface area contributed by atoms with Gasteiger partial charge in [-0.2, -0.15) is 0 Å². The summed E-state index contributed by atoms with van der Waals surface area (Å²) >= 11 is 0. The van der Waals surface area contributed by atoms with Crippen LogP contribution in [0.1, 0.15) is 20.3 Å². The number of anilines is 2. The van der Waals surface area contributed by atoms with Crippen molar-refractivity contribution in [2.24, 2.45) is 0 Å². The van der Waals surface area contributed by atoms with Gasteiger partial charge in [-0.15, -0.1) is 0 Å². The summed E-state index contributed by atoms with van der Waals surface area (Å²) in [6.45, 7) is 5.77. The predicted octanol–water partition coefficient (Wildman–Crippen LogP) is 1.12. The van der Waals surface area contributed by atoms with Gasteiger partial charge < -0.3 is 19.9 Å². The summed E-state index contributed by atoms with van der Waals surface area (Å²) in [5.41, 5.74) is 0.738. The van der Waals surface area contributed by atoms with E-state index in [1.54, 1.807) is 6.20 Å². The largest absolute Gasteiger partial charge is 0.369 e. The third kappa shape index (κ3) is 3.62. The highest BCUT2D eigenvalue weighted by atomic mass is 16.2. The summed E-state index contributed by atoms with van der Waals surface area (Å²) in [5, 5.41) is 6.05. The highest BCUT2D eigenvalue weighted by Gasteiger charge is 2.14. The van der Waals surface area contributed by atoms with Gasteiger partial charge in [-0.25, -0.2) is 9.97 Å². The number of aromatic nitrogens is 3. The highest BCUT2D eigenvalue weighted by Crippen LogP contribution is 2.19. The molecule has 0 radical (unpaired) electrons. The van der Waals surface area contributed by atoms with Crippen LogP contribution in [0.5, 0.6) is 0 Å². The van der Waals surface area contributed by atoms with Crippen molar-refractivity contribution in [2.75, 3.05) is 36.9 Å². The third-order valence-corrected chi connectivity index (χ3v) is 3.03. The Balaban J connectivity index is 2.22. The van der Waals surface area contributed by atoms with Gasteiger partial charge in [0.15, 0.2) is 11.5 Å². The monoisotopic (exact) mass is 290 g/mol. The fourth-order valence-electron chi connectivity index (χ4n) is 2.05. The van der Waals surface area contributed by atoms with Crippen molar-refractivity contribution in [2.45, 2.75) is 20.3 Å². The summed E-state index contributed by atoms with van der Waals surface area (Å²) < 4.78 is 1.90. The van der Waals surface area contributed by atoms with Gasteiger partial charge in [-0.3, -0.25) is 4.79 Å². The van der Waals surface area contributed by atoms with Crippen molar-refractivity contribution in [1.29, 1.82) is 0 Å². The summed E-state index contributed by atoms with van der Waals surface area (Å²) in [4.78, 5) is 22.5. The quantitative estimate of drug-likeness (QED) is 0.799. The van der Waals surface area contributed by atoms with E-state index in [9.17, 15) is 4.79 Å². The average molecular weight is 290 g/mol. The maximum absolute atomic E-state index is 11.8. The van der Waals surface area contributed by atoms with Gasteiger partial charge in [0, 0.05) is 32.5 Å². The molecule has 0 saturated heterocycles. The Hall–Kier alpha value is -2.31. The molecule has 2 aromatic heterocycles. The molecule has 2 rings (SSSR count). The highest BCUT2D eigenvalue weighted by molar-refractivity contribution is 5.82. The fraction of sp³-hybridized carbons (Fsp3) is 0.500. The zero-order chi connectivity index (χ0) is 15.2. The van der Waals surface area contributed by atoms with Crippen molar-refractivity contribution in [3.05, 3.63) is 18.6 Å². The Bertz CT molecular complexity index is 609. The fourth-order valence-corrected chi connectivity index (χ4v) is 2.05. The standard InChI is InChI=1S/C14H22N6O/c1-4-6-16-12(21)10-19(3)14-13-17-7-8-20(13)9-11(18-14)15-5-2/h7-9,15H,4-6,10H2,1-3H3,(H,16,21). The molecular weight excluding hydrogens is 268 g/mol. The number of fused-ring (bicyclic) bond motifs is 1. The van der Waals surface area contributed by atoms with Crippen molar-refractivity contribution in [1.82, 2.24) is 19.7 Å². The second-order valence-electron chi connectivity index (χ2n) is 4.84. The molecule has 0 atom stereocenters. The van der Waals surface area contributed by atoms with Crippen molar-refractivity contribution >= 4 is 23.2 Å². The van der Waals surface area contributed by atoms with E-state index in [4.69, 9.17) is 0 Å². The van der Waals surface area contributed by atoms with Crippen LogP contribution in [0.3, 0.4) is 0 Å². The van der Waals surface area contributed by atoms with Crippen LogP contribution < -0.4 is 15.5 Å². The molecule has 0 aliphatic rings. The van der Waals surface area contributed by atoms with E-state index in [-0.39, 0.29) is 12.5 Å². The third-order valence-electron chi connectivity index (χ3n) is 3.03. The van der Waals surface area contributed by atoms with Crippen LogP contribution in [0.25, 0.3) is 5.65 Å². The molecule has 1 amide bonds. The molecule has 7 nitrogen and oxygen atoms in total. The van der Waals surface area contributed by atoms with Crippen molar-refractivity contribution in [3.8, 4) is 0 Å². The molecule has 21 heavy (non-hydrogen) atoms. The number of imidazole rings is 1. The molecule has 0 aliphatic carbocycles. The molecule has 0 aliphatic heterocycles. The minimum atomic E-state index is -0.0142. The minimum Gasteiger partial charge on any atom is -0.369 e. The number of carbonyl (C=O) groups is 1. The molecule has 2 aromatic rings. The minimum absolute atomic E-state index is 0.0142. The van der Waals surface area contributed by atoms with Gasteiger partial charge in [0.2, 0.25) is 5.91 Å². The average Bonchev–Trinajstić information content (AvgIpc) is 2.92. The second-order valence-corrected chi connectivity index (χ2v) is 4.84. The van der Waals surface area contributed by atoms with E-state index < -0.39 is 0 Å². The SMILES string of the molecule is CCCNC(=O)CN(C)c1nc(NCC)cn2ccnc12. The second kappa shape index (κ2) is 6.92. The van der Waals surface area contributed by atoms with Gasteiger partial charge >= 0.3 is 0 Å². The number of hydrogen-bond donors (Lipinski definition) is 2. The lowest BCUT2D eigenvalue weighted by Gasteiger charge is -2.19. The van der Waals surface area contributed by atoms with E-state index in [2.05, 4.69) is 20.6 Å². The lowest BCUT2D eigenvalue weighted by molar-refractivity contribution is -0.119. The molecule has 0 aromatic carbocycles. The topological polar surface area (TPSA) is 74.6 Å². The van der Waals surface area contributed by atoms with Crippen LogP contribution in [-0.2, 0) is 4.79 Å². The number of hydrogen-bond acceptors (Lipinski definition) is 5. The molecule has 0 saturated carbocycles. The summed E-state index contributed by atoms with van der Waals surface area (Å²) in [5.74, 6) is 1.43. The van der Waals surface area contributed by atoms with Crippen molar-refractivity contribution < 1.29 is 4.79 Å². The Kier molecular flexibility index (Phi) is 4.97. The first-order valence-electron chi connectivity index (χ1n) is 7.21. The van der Waals surface area contributed by atoms with Crippen LogP contribution >= 0.6 is 0 Å². The Morgan fingerprint density at radius 2 is 2.24 bits per heavy atom. The zero-order valence-corrected chi connectivity index (χ0v) is 12.8. The van der Waals surface area contributed by atoms with E-state index in [0.717, 1.165) is 24.4 Å². The number of rotatable bonds is 7. The first kappa shape index (κ1) is 15.1. The van der Waals surface area contributed by atoms with Crippen LogP contribution in [0.15, 0.2) is 18.6 Å². The van der Waals surface area contributed by atoms with Crippen LogP contribution in [0, 0.1) is 0 Å². The predicted molar refractivity (Wildman–Crippen MR) is 83.7 cm³/mol. The first-order chi connectivity index (χ1) is 10.2. The van der Waals surface area contributed by atoms with Gasteiger partial charge in [0.25, 0.3) is 0 Å². The molecular formula is C14H22N6O. The van der Waals surface area contributed by atoms with Gasteiger partial charge in [-0.05, 0) is 13.3 Å². The Labute approximate surface area is 124 Å². The van der Waals surface area contributed by atoms with Crippen molar-refractivity contribution in [3.63, 3.8) is 0 Å². The Morgan fingerprint density at radius 3 is 2.95 bits per heavy atom. The van der Waals surface area contributed by atoms with Gasteiger partial charge in [0.1, 0.15) is 5.82 Å². The molecule has 2 heterocycles. The molecule has 0 spiro atoms. The summed E-state index contributed by atoms with van der Waals surface area (Å²) in [6.07, 6.45) is 6.40. The van der Waals surface area contributed by atoms with E-state index in [0.29, 0.717) is 12.4 Å². The van der Waals surface area contributed by atoms with E-state index in [1.165, 1.54) is 0 Å². The lowest BCUT2D eigenvalue weighted by Crippen LogP contribution is -2.36. The van der Waals surface area contributed by atoms with Gasteiger partial charge in [-0.1, -0.05) is 6.92 Å². The van der Waals surface area contributed by atoms with Crippen LogP contribution in [0.2, 0.25) is 0 Å². The zero-order valence-electron chi connectivity index (χ0n) is 12.8. The first-order valence-corrected chi connectivity index (χ1v) is 7.21. The Morgan fingerprint density at radius 1 is 1.43 bits per heavy atom. The molecule has 0 unspecified atom stereocenters. The van der Waals surface area contributed by atoms with E-state index >= 15 is 0 Å². The number of likely N-dealkylation sites (N-methyl/N-ethyl adjacent to an activating group) is 1. The smallest absolute Gasteiger partial charge is 0.239 e. The molecule has 0 fully saturated rings. The number of nitrogens with one attached hydrogen (secondary N) is 2. The normalized spacial score (nSPS) is 10.6. The summed E-state index contributed by atoms with van der Waals surface area (Å²) in [7, 11) is 1.85. The van der Waals surface area contributed by atoms with Gasteiger partial charge in [0.05, 0.1) is 12.7 Å². The lowest BCUT2D eigenvalue weighted by atomic mass is 10.4. The number of amides is 1. The number of nitrogens with zero attached hydrogens (tertiary/aromatic N) is 4. The maximum atomic E-state index is 11.8. The molecule has 114 valence electrons. The molecule has 7 heteroatoms. The van der Waals surface area contributed by atoms with Crippen LogP contribution in [-0.4, -0.2) is 47.0 Å². The van der Waals surface area contributed by atoms with Crippen LogP contribution in [0.4, 0.5) is 11.6 Å². The maximum Gasteiger partial charge on any atom is 0.239 e. The molecule has 2 N–H and O–H groups in total. The summed E-state index contributed by atoms with van der Waals surface area (Å²) in [6, 6.07) is 0. The number of carbonyl (C=O) groups excluding carboxylic acids is 1. The molecule has 0 bridgehead atoms. The van der Waals surface area contributed by atoms with E-state index in [1.807, 2.05) is 42.6 Å².